The monoisotopic (exact) mass is 452 g/mol. The van der Waals surface area contributed by atoms with Crippen LogP contribution in [0.4, 0.5) is 0 Å². The van der Waals surface area contributed by atoms with Crippen LogP contribution in [0.15, 0.2) is 12.7 Å². The Morgan fingerprint density at radius 2 is 0.862 bits per heavy atom. The molecular weight excluding hydrogens is 428 g/mol. The minimum absolute atomic E-state index is 0. The first-order chi connectivity index (χ1) is 12.5. The van der Waals surface area contributed by atoms with Gasteiger partial charge in [0.05, 0.1) is 0 Å². The zero-order valence-corrected chi connectivity index (χ0v) is 19.1. The average Bonchev–Trinajstić information content (AvgIpc) is 2.33. The van der Waals surface area contributed by atoms with Crippen LogP contribution < -0.4 is 20.4 Å². The van der Waals surface area contributed by atoms with Gasteiger partial charge in [0.1, 0.15) is 0 Å². The molecule has 0 saturated heterocycles. The molecule has 0 amide bonds. The number of aliphatic carboxylic acids is 4. The van der Waals surface area contributed by atoms with Gasteiger partial charge < -0.3 is 48.5 Å². The van der Waals surface area contributed by atoms with E-state index >= 15 is 0 Å². The summed E-state index contributed by atoms with van der Waals surface area (Å²) in [4.78, 5) is 56.6. The summed E-state index contributed by atoms with van der Waals surface area (Å²) in [5.41, 5.74) is 0. The second-order valence-electron chi connectivity index (χ2n) is 4.14. The first-order valence-corrected chi connectivity index (χ1v) is 8.90. The number of carbonyl (C=O) groups excluding carboxylic acids is 6. The Balaban J connectivity index is -0.0000000648. The predicted molar refractivity (Wildman–Crippen MR) is 94.2 cm³/mol. The molecule has 0 aliphatic carbocycles. The molecular formula is C15H24O12Si2. The van der Waals surface area contributed by atoms with Gasteiger partial charge in [-0.1, -0.05) is 6.08 Å². The smallest absolute Gasteiger partial charge is 0.550 e. The Kier molecular flexibility index (Phi) is 41.7. The molecule has 0 bridgehead atoms. The van der Waals surface area contributed by atoms with Crippen molar-refractivity contribution in [3.05, 3.63) is 12.7 Å². The molecule has 0 unspecified atom stereocenters. The molecule has 14 heteroatoms. The Morgan fingerprint density at radius 1 is 0.690 bits per heavy atom. The second-order valence-corrected chi connectivity index (χ2v) is 5.94. The Labute approximate surface area is 175 Å². The molecule has 0 N–H and O–H groups in total. The van der Waals surface area contributed by atoms with Gasteiger partial charge in [0.2, 0.25) is 0 Å². The molecule has 0 aliphatic heterocycles. The molecule has 0 aromatic carbocycles. The fourth-order valence-electron chi connectivity index (χ4n) is 0.627. The molecule has 0 aliphatic rings. The van der Waals surface area contributed by atoms with Crippen molar-refractivity contribution in [1.29, 1.82) is 0 Å². The van der Waals surface area contributed by atoms with Crippen molar-refractivity contribution in [1.82, 2.24) is 0 Å². The summed E-state index contributed by atoms with van der Waals surface area (Å²) >= 11 is 0. The summed E-state index contributed by atoms with van der Waals surface area (Å²) in [6, 6.07) is 0.444. The van der Waals surface area contributed by atoms with Gasteiger partial charge in [-0.3, -0.25) is 9.59 Å². The van der Waals surface area contributed by atoms with Crippen molar-refractivity contribution < 1.29 is 58.0 Å². The van der Waals surface area contributed by atoms with Crippen LogP contribution in [0, 0.1) is 0 Å². The van der Waals surface area contributed by atoms with Crippen LogP contribution in [-0.2, 0) is 37.6 Å². The van der Waals surface area contributed by atoms with Crippen molar-refractivity contribution in [3.8, 4) is 0 Å². The summed E-state index contributed by atoms with van der Waals surface area (Å²) in [6.07, 6.45) is 1.57. The van der Waals surface area contributed by atoms with E-state index in [4.69, 9.17) is 48.5 Å². The predicted octanol–water partition coefficient (Wildman–Crippen LogP) is -4.84. The van der Waals surface area contributed by atoms with Crippen LogP contribution in [0.25, 0.3) is 0 Å². The van der Waals surface area contributed by atoms with E-state index < -0.39 is 45.1 Å². The summed E-state index contributed by atoms with van der Waals surface area (Å²) in [5.74, 6) is -5.18. The van der Waals surface area contributed by atoms with Gasteiger partial charge in [-0.15, -0.1) is 6.58 Å². The van der Waals surface area contributed by atoms with E-state index in [9.17, 15) is 9.59 Å². The minimum atomic E-state index is -2.17. The number of hydrogen-bond donors (Lipinski definition) is 0. The fourth-order valence-corrected chi connectivity index (χ4v) is 1.88. The normalized spacial score (nSPS) is 7.28. The van der Waals surface area contributed by atoms with Crippen molar-refractivity contribution in [2.45, 2.75) is 47.6 Å². The third-order valence-corrected chi connectivity index (χ3v) is 2.86. The van der Waals surface area contributed by atoms with E-state index in [0.29, 0.717) is 6.04 Å². The maximum absolute atomic E-state index is 10.5. The van der Waals surface area contributed by atoms with Crippen molar-refractivity contribution >= 4 is 56.1 Å². The third kappa shape index (κ3) is 207. The molecule has 29 heavy (non-hydrogen) atoms. The van der Waals surface area contributed by atoms with Crippen LogP contribution in [0.3, 0.4) is 0 Å². The number of allylic oxidation sites excluding steroid dienone is 1. The quantitative estimate of drug-likeness (QED) is 0.290. The van der Waals surface area contributed by atoms with Crippen LogP contribution in [0.1, 0.15) is 41.5 Å². The van der Waals surface area contributed by atoms with Gasteiger partial charge in [0.15, 0.2) is 0 Å². The molecule has 0 aromatic rings. The largest absolute Gasteiger partial charge is 4.00 e. The number of carboxylic acid groups (broad SMARTS) is 4. The molecule has 0 rings (SSSR count). The molecule has 0 heterocycles. The van der Waals surface area contributed by atoms with Crippen LogP contribution in [-0.4, -0.2) is 56.1 Å². The summed E-state index contributed by atoms with van der Waals surface area (Å²) in [5, 5.41) is 35.6. The van der Waals surface area contributed by atoms with Crippen molar-refractivity contribution in [3.63, 3.8) is 0 Å². The first-order valence-electron chi connectivity index (χ1n) is 7.15. The zero-order valence-electron chi connectivity index (χ0n) is 17.0. The molecule has 0 atom stereocenters. The number of carbonyl (C=O) groups is 6. The van der Waals surface area contributed by atoms with Crippen LogP contribution >= 0.6 is 0 Å². The van der Waals surface area contributed by atoms with Crippen molar-refractivity contribution in [2.24, 2.45) is 0 Å². The Morgan fingerprint density at radius 3 is 0.966 bits per heavy atom. The summed E-state index contributed by atoms with van der Waals surface area (Å²) < 4.78 is 9.57. The third-order valence-electron chi connectivity index (χ3n) is 0.954. The van der Waals surface area contributed by atoms with Gasteiger partial charge >= 0.3 is 20.2 Å². The molecule has 0 fully saturated rings. The zero-order chi connectivity index (χ0) is 23.9. The topological polar surface area (TPSA) is 213 Å². The van der Waals surface area contributed by atoms with E-state index in [1.165, 1.54) is 13.8 Å². The van der Waals surface area contributed by atoms with Gasteiger partial charge in [0.25, 0.3) is 11.9 Å². The summed E-state index contributed by atoms with van der Waals surface area (Å²) in [6.45, 7) is 9.92. The molecule has 164 valence electrons. The molecule has 0 aromatic heterocycles. The SMILES string of the molecule is C=CC[SiH](OC(C)=O)OC(C)=O.CC(=O)[O-].CC(=O)[O-].CC(=O)[O-].CC(=O)[O-].[Si+4]. The van der Waals surface area contributed by atoms with E-state index in [1.54, 1.807) is 6.08 Å². The maximum Gasteiger partial charge on any atom is 4.00 e. The van der Waals surface area contributed by atoms with E-state index in [0.717, 1.165) is 27.7 Å². The molecule has 0 saturated carbocycles. The number of rotatable bonds is 4. The number of hydrogen-bond acceptors (Lipinski definition) is 12. The molecule has 0 spiro atoms. The minimum Gasteiger partial charge on any atom is -0.550 e. The molecule has 12 nitrogen and oxygen atoms in total. The van der Waals surface area contributed by atoms with E-state index in [2.05, 4.69) is 6.58 Å². The van der Waals surface area contributed by atoms with Crippen LogP contribution in [0.2, 0.25) is 6.04 Å². The standard InChI is InChI=1S/C7H12O4Si.4C2H4O2.Si/c1-4-5-12(10-6(2)8)11-7(3)9;4*1-2(3)4;/h4,12H,1,5H2,2-3H3;4*1H3,(H,3,4);/q;;;;;+4/p-4. The van der Waals surface area contributed by atoms with Gasteiger partial charge in [-0.2, -0.15) is 0 Å². The van der Waals surface area contributed by atoms with Gasteiger partial charge in [0, 0.05) is 43.8 Å². The molecule has 0 radical (unpaired) electrons. The van der Waals surface area contributed by atoms with Gasteiger partial charge in [-0.05, 0) is 27.7 Å². The van der Waals surface area contributed by atoms with Gasteiger partial charge in [-0.25, -0.2) is 0 Å². The van der Waals surface area contributed by atoms with E-state index in [-0.39, 0.29) is 11.0 Å². The Hall–Kier alpha value is -3.01. The van der Waals surface area contributed by atoms with Crippen LogP contribution in [0.5, 0.6) is 0 Å². The average molecular weight is 453 g/mol. The first kappa shape index (κ1) is 40.6. The van der Waals surface area contributed by atoms with E-state index in [1.807, 2.05) is 0 Å². The number of carboxylic acids is 4. The summed E-state index contributed by atoms with van der Waals surface area (Å²) in [7, 11) is -2.17. The van der Waals surface area contributed by atoms with Crippen molar-refractivity contribution in [2.75, 3.05) is 0 Å². The second kappa shape index (κ2) is 29.7. The Bertz CT molecular complexity index is 426. The maximum atomic E-state index is 10.5. The fraction of sp³-hybridized carbons (Fsp3) is 0.467.